The number of aliphatic imine (C=N–C) groups is 1. The van der Waals surface area contributed by atoms with Gasteiger partial charge in [-0.1, -0.05) is 17.7 Å². The number of benzene rings is 1. The molecule has 0 saturated heterocycles. The van der Waals surface area contributed by atoms with E-state index in [1.165, 1.54) is 5.56 Å². The number of rotatable bonds is 4. The van der Waals surface area contributed by atoms with Gasteiger partial charge < -0.3 is 15.8 Å². The van der Waals surface area contributed by atoms with Gasteiger partial charge in [-0.3, -0.25) is 9.79 Å². The highest BCUT2D eigenvalue weighted by Crippen LogP contribution is 2.09. The number of carbonyl (C=O) groups is 1. The summed E-state index contributed by atoms with van der Waals surface area (Å²) in [6, 6.07) is 7.81. The highest BCUT2D eigenvalue weighted by atomic mass is 16.6. The Labute approximate surface area is 120 Å². The number of carbonyl (C=O) groups excluding carboxylic acids is 1. The molecule has 1 aromatic rings. The van der Waals surface area contributed by atoms with Crippen molar-refractivity contribution in [3.05, 3.63) is 29.8 Å². The number of nitrogens with zero attached hydrogens (tertiary/aromatic N) is 1. The largest absolute Gasteiger partial charge is 0.460 e. The predicted molar refractivity (Wildman–Crippen MR) is 81.8 cm³/mol. The molecule has 1 rings (SSSR count). The van der Waals surface area contributed by atoms with Gasteiger partial charge in [0, 0.05) is 5.69 Å². The van der Waals surface area contributed by atoms with Crippen LogP contribution in [-0.4, -0.2) is 24.1 Å². The smallest absolute Gasteiger partial charge is 0.308 e. The molecule has 0 aliphatic rings. The Kier molecular flexibility index (Phi) is 5.55. The Morgan fingerprint density at radius 1 is 1.30 bits per heavy atom. The molecule has 0 amide bonds. The van der Waals surface area contributed by atoms with Crippen LogP contribution < -0.4 is 11.1 Å². The molecule has 5 heteroatoms. The second-order valence-corrected chi connectivity index (χ2v) is 5.59. The van der Waals surface area contributed by atoms with Crippen LogP contribution in [0.3, 0.4) is 0 Å². The quantitative estimate of drug-likeness (QED) is 0.503. The van der Waals surface area contributed by atoms with Gasteiger partial charge in [0.2, 0.25) is 0 Å². The summed E-state index contributed by atoms with van der Waals surface area (Å²) in [4.78, 5) is 15.6. The van der Waals surface area contributed by atoms with Crippen LogP contribution >= 0.6 is 0 Å². The SMILES string of the molecule is Cc1ccc(NC(N)=NCCC(=O)OC(C)(C)C)cc1. The average Bonchev–Trinajstić information content (AvgIpc) is 2.29. The second kappa shape index (κ2) is 6.93. The number of hydrogen-bond acceptors (Lipinski definition) is 3. The molecule has 0 aromatic heterocycles. The zero-order chi connectivity index (χ0) is 15.2. The van der Waals surface area contributed by atoms with Crippen molar-refractivity contribution < 1.29 is 9.53 Å². The van der Waals surface area contributed by atoms with Gasteiger partial charge in [0.15, 0.2) is 5.96 Å². The minimum atomic E-state index is -0.466. The van der Waals surface area contributed by atoms with Crippen LogP contribution in [0.1, 0.15) is 32.8 Å². The van der Waals surface area contributed by atoms with Crippen LogP contribution in [0.15, 0.2) is 29.3 Å². The fourth-order valence-corrected chi connectivity index (χ4v) is 1.48. The maximum atomic E-state index is 11.5. The summed E-state index contributed by atoms with van der Waals surface area (Å²) >= 11 is 0. The van der Waals surface area contributed by atoms with Gasteiger partial charge in [-0.05, 0) is 39.8 Å². The van der Waals surface area contributed by atoms with E-state index >= 15 is 0 Å². The first-order valence-corrected chi connectivity index (χ1v) is 6.62. The lowest BCUT2D eigenvalue weighted by molar-refractivity contribution is -0.154. The van der Waals surface area contributed by atoms with Crippen molar-refractivity contribution in [2.75, 3.05) is 11.9 Å². The molecule has 0 saturated carbocycles. The summed E-state index contributed by atoms with van der Waals surface area (Å²) in [5.74, 6) is 0.0156. The van der Waals surface area contributed by atoms with Crippen LogP contribution in [0.4, 0.5) is 5.69 Å². The first kappa shape index (κ1) is 16.0. The van der Waals surface area contributed by atoms with E-state index in [-0.39, 0.29) is 18.3 Å². The fraction of sp³-hybridized carbons (Fsp3) is 0.467. The van der Waals surface area contributed by atoms with Crippen molar-refractivity contribution in [1.82, 2.24) is 0 Å². The molecule has 0 fully saturated rings. The topological polar surface area (TPSA) is 76.7 Å². The Morgan fingerprint density at radius 3 is 2.45 bits per heavy atom. The van der Waals surface area contributed by atoms with E-state index < -0.39 is 5.60 Å². The highest BCUT2D eigenvalue weighted by molar-refractivity contribution is 5.92. The lowest BCUT2D eigenvalue weighted by atomic mass is 10.2. The summed E-state index contributed by atoms with van der Waals surface area (Å²) in [6.07, 6.45) is 0.216. The number of anilines is 1. The molecule has 0 bridgehead atoms. The Hall–Kier alpha value is -2.04. The molecule has 0 heterocycles. The molecule has 5 nitrogen and oxygen atoms in total. The summed E-state index contributed by atoms with van der Waals surface area (Å²) in [7, 11) is 0. The third-order valence-electron chi connectivity index (χ3n) is 2.34. The Morgan fingerprint density at radius 2 is 1.90 bits per heavy atom. The molecule has 3 N–H and O–H groups in total. The Bertz CT molecular complexity index is 473. The summed E-state index contributed by atoms with van der Waals surface area (Å²) in [5, 5.41) is 2.97. The highest BCUT2D eigenvalue weighted by Gasteiger charge is 2.15. The standard InChI is InChI=1S/C15H23N3O2/c1-11-5-7-12(8-6-11)18-14(16)17-10-9-13(19)20-15(2,3)4/h5-8H,9-10H2,1-4H3,(H3,16,17,18). The van der Waals surface area contributed by atoms with Crippen LogP contribution in [-0.2, 0) is 9.53 Å². The predicted octanol–water partition coefficient (Wildman–Crippen LogP) is 2.45. The third kappa shape index (κ3) is 6.78. The second-order valence-electron chi connectivity index (χ2n) is 5.59. The molecule has 0 atom stereocenters. The zero-order valence-electron chi connectivity index (χ0n) is 12.6. The van der Waals surface area contributed by atoms with Crippen molar-refractivity contribution in [3.63, 3.8) is 0 Å². The minimum Gasteiger partial charge on any atom is -0.460 e. The van der Waals surface area contributed by atoms with Gasteiger partial charge in [-0.15, -0.1) is 0 Å². The number of nitrogens with two attached hydrogens (primary N) is 1. The fourth-order valence-electron chi connectivity index (χ4n) is 1.48. The van der Waals surface area contributed by atoms with Gasteiger partial charge in [0.25, 0.3) is 0 Å². The van der Waals surface area contributed by atoms with E-state index in [4.69, 9.17) is 10.5 Å². The molecule has 0 radical (unpaired) electrons. The summed E-state index contributed by atoms with van der Waals surface area (Å²) < 4.78 is 5.18. The molecule has 1 aromatic carbocycles. The van der Waals surface area contributed by atoms with Gasteiger partial charge >= 0.3 is 5.97 Å². The average molecular weight is 277 g/mol. The van der Waals surface area contributed by atoms with Crippen molar-refractivity contribution in [2.45, 2.75) is 39.7 Å². The van der Waals surface area contributed by atoms with E-state index in [1.807, 2.05) is 52.0 Å². The van der Waals surface area contributed by atoms with E-state index in [0.29, 0.717) is 6.54 Å². The maximum absolute atomic E-state index is 11.5. The number of esters is 1. The van der Waals surface area contributed by atoms with Crippen molar-refractivity contribution >= 4 is 17.6 Å². The van der Waals surface area contributed by atoms with Gasteiger partial charge in [0.05, 0.1) is 13.0 Å². The maximum Gasteiger partial charge on any atom is 0.308 e. The van der Waals surface area contributed by atoms with Crippen molar-refractivity contribution in [3.8, 4) is 0 Å². The third-order valence-corrected chi connectivity index (χ3v) is 2.34. The molecule has 110 valence electrons. The van der Waals surface area contributed by atoms with Crippen LogP contribution in [0.25, 0.3) is 0 Å². The van der Waals surface area contributed by atoms with E-state index in [1.54, 1.807) is 0 Å². The molecule has 20 heavy (non-hydrogen) atoms. The molecular formula is C15H23N3O2. The first-order valence-electron chi connectivity index (χ1n) is 6.62. The molecular weight excluding hydrogens is 254 g/mol. The normalized spacial score (nSPS) is 12.1. The monoisotopic (exact) mass is 277 g/mol. The number of nitrogens with one attached hydrogen (secondary N) is 1. The zero-order valence-corrected chi connectivity index (χ0v) is 12.6. The van der Waals surface area contributed by atoms with E-state index in [2.05, 4.69) is 10.3 Å². The van der Waals surface area contributed by atoms with Crippen molar-refractivity contribution in [1.29, 1.82) is 0 Å². The molecule has 0 aliphatic heterocycles. The minimum absolute atomic E-state index is 0.216. The number of ether oxygens (including phenoxy) is 1. The lowest BCUT2D eigenvalue weighted by Gasteiger charge is -2.19. The van der Waals surface area contributed by atoms with E-state index in [0.717, 1.165) is 5.69 Å². The van der Waals surface area contributed by atoms with Crippen molar-refractivity contribution in [2.24, 2.45) is 10.7 Å². The number of aryl methyl sites for hydroxylation is 1. The molecule has 0 aliphatic carbocycles. The van der Waals surface area contributed by atoms with Gasteiger partial charge in [0.1, 0.15) is 5.60 Å². The lowest BCUT2D eigenvalue weighted by Crippen LogP contribution is -2.25. The molecule has 0 unspecified atom stereocenters. The Balaban J connectivity index is 2.38. The van der Waals surface area contributed by atoms with Gasteiger partial charge in [-0.25, -0.2) is 0 Å². The van der Waals surface area contributed by atoms with Crippen LogP contribution in [0.5, 0.6) is 0 Å². The number of guanidine groups is 1. The summed E-state index contributed by atoms with van der Waals surface area (Å²) in [6.45, 7) is 7.83. The molecule has 0 spiro atoms. The first-order chi connectivity index (χ1) is 9.26. The van der Waals surface area contributed by atoms with Crippen LogP contribution in [0.2, 0.25) is 0 Å². The van der Waals surface area contributed by atoms with Gasteiger partial charge in [-0.2, -0.15) is 0 Å². The summed E-state index contributed by atoms with van der Waals surface area (Å²) in [5.41, 5.74) is 7.32. The van der Waals surface area contributed by atoms with E-state index in [9.17, 15) is 4.79 Å². The number of hydrogen-bond donors (Lipinski definition) is 2. The van der Waals surface area contributed by atoms with Crippen LogP contribution in [0, 0.1) is 6.92 Å².